The van der Waals surface area contributed by atoms with Crippen molar-refractivity contribution < 1.29 is 0 Å². The van der Waals surface area contributed by atoms with E-state index in [0.29, 0.717) is 0 Å². The number of hydrogen-bond donors (Lipinski definition) is 1. The summed E-state index contributed by atoms with van der Waals surface area (Å²) >= 11 is 3.16. The lowest BCUT2D eigenvalue weighted by Gasteiger charge is -2.13. The molecule has 0 saturated heterocycles. The third-order valence-corrected chi connectivity index (χ3v) is 2.97. The second kappa shape index (κ2) is 3.37. The van der Waals surface area contributed by atoms with E-state index in [1.165, 1.54) is 0 Å². The first-order chi connectivity index (χ1) is 5.90. The quantitative estimate of drug-likeness (QED) is 0.646. The van der Waals surface area contributed by atoms with Crippen LogP contribution in [0, 0.1) is 0 Å². The molecule has 1 aromatic rings. The maximum atomic E-state index is 4.37. The van der Waals surface area contributed by atoms with E-state index in [9.17, 15) is 0 Å². The van der Waals surface area contributed by atoms with Crippen LogP contribution in [0.1, 0.15) is 0 Å². The lowest BCUT2D eigenvalue weighted by atomic mass is 10.4. The van der Waals surface area contributed by atoms with E-state index < -0.39 is 0 Å². The summed E-state index contributed by atoms with van der Waals surface area (Å²) in [5.41, 5.74) is 0.998. The van der Waals surface area contributed by atoms with Crippen molar-refractivity contribution in [2.75, 3.05) is 6.26 Å². The van der Waals surface area contributed by atoms with Crippen molar-refractivity contribution in [1.82, 2.24) is 9.71 Å². The van der Waals surface area contributed by atoms with E-state index in [4.69, 9.17) is 0 Å². The van der Waals surface area contributed by atoms with Gasteiger partial charge in [-0.2, -0.15) is 0 Å². The third kappa shape index (κ3) is 1.42. The monoisotopic (exact) mass is 197 g/mol. The molecule has 0 fully saturated rings. The molecule has 3 nitrogen and oxygen atoms in total. The molecule has 0 aromatic carbocycles. The predicted molar refractivity (Wildman–Crippen MR) is 53.8 cm³/mol. The lowest BCUT2D eigenvalue weighted by molar-refractivity contribution is 1.20. The Bertz CT molecular complexity index is 324. The maximum Gasteiger partial charge on any atom is 0.171 e. The number of rotatable bonds is 0. The molecule has 5 heteroatoms. The van der Waals surface area contributed by atoms with Crippen molar-refractivity contribution in [1.29, 1.82) is 0 Å². The van der Waals surface area contributed by atoms with Gasteiger partial charge in [-0.25, -0.2) is 4.99 Å². The fourth-order valence-electron chi connectivity index (χ4n) is 0.862. The van der Waals surface area contributed by atoms with Crippen LogP contribution in [0.15, 0.2) is 28.3 Å². The molecule has 12 heavy (non-hydrogen) atoms. The number of hydrogen-bond acceptors (Lipinski definition) is 5. The standard InChI is InChI=1S/C7H7N3S2/c1-11-7-9-5-2-3-8-4-6(5)12-10-7/h2-4H,1H3,(H,9,10). The minimum atomic E-state index is 0.943. The topological polar surface area (TPSA) is 37.3 Å². The van der Waals surface area contributed by atoms with Crippen LogP contribution < -0.4 is 4.72 Å². The highest BCUT2D eigenvalue weighted by Crippen LogP contribution is 2.31. The second-order valence-corrected chi connectivity index (χ2v) is 3.81. The van der Waals surface area contributed by atoms with E-state index in [1.807, 2.05) is 18.5 Å². The van der Waals surface area contributed by atoms with Gasteiger partial charge in [0.2, 0.25) is 0 Å². The largest absolute Gasteiger partial charge is 0.305 e. The molecule has 1 aromatic heterocycles. The van der Waals surface area contributed by atoms with E-state index >= 15 is 0 Å². The molecule has 1 N–H and O–H groups in total. The van der Waals surface area contributed by atoms with Gasteiger partial charge in [0.05, 0.1) is 10.6 Å². The molecule has 1 aliphatic rings. The zero-order chi connectivity index (χ0) is 8.39. The summed E-state index contributed by atoms with van der Waals surface area (Å²) in [5.74, 6) is 0. The zero-order valence-corrected chi connectivity index (χ0v) is 8.08. The summed E-state index contributed by atoms with van der Waals surface area (Å²) in [4.78, 5) is 9.46. The Morgan fingerprint density at radius 2 is 2.50 bits per heavy atom. The normalized spacial score (nSPS) is 14.6. The first-order valence-corrected chi connectivity index (χ1v) is 5.44. The molecule has 0 atom stereocenters. The first kappa shape index (κ1) is 7.94. The van der Waals surface area contributed by atoms with Gasteiger partial charge in [-0.15, -0.1) is 0 Å². The highest BCUT2D eigenvalue weighted by Gasteiger charge is 2.10. The SMILES string of the molecule is CSC1=Nc2ccncc2SN1. The van der Waals surface area contributed by atoms with Crippen LogP contribution in [0.5, 0.6) is 0 Å². The van der Waals surface area contributed by atoms with Crippen LogP contribution in [-0.4, -0.2) is 16.4 Å². The molecule has 0 bridgehead atoms. The van der Waals surface area contributed by atoms with Crippen LogP contribution in [0.3, 0.4) is 0 Å². The summed E-state index contributed by atoms with van der Waals surface area (Å²) in [6, 6.07) is 1.92. The number of thioether (sulfide) groups is 1. The molecular weight excluding hydrogens is 190 g/mol. The number of aromatic nitrogens is 1. The van der Waals surface area contributed by atoms with Gasteiger partial charge in [-0.3, -0.25) is 4.98 Å². The minimum absolute atomic E-state index is 0.943. The number of fused-ring (bicyclic) bond motifs is 1. The number of amidine groups is 1. The van der Waals surface area contributed by atoms with Gasteiger partial charge < -0.3 is 4.72 Å². The smallest absolute Gasteiger partial charge is 0.171 e. The van der Waals surface area contributed by atoms with Crippen molar-refractivity contribution in [3.63, 3.8) is 0 Å². The summed E-state index contributed by atoms with van der Waals surface area (Å²) in [7, 11) is 0. The first-order valence-electron chi connectivity index (χ1n) is 3.39. The Labute approximate surface area is 79.2 Å². The minimum Gasteiger partial charge on any atom is -0.305 e. The molecule has 2 rings (SSSR count). The van der Waals surface area contributed by atoms with Crippen molar-refractivity contribution in [3.05, 3.63) is 18.5 Å². The summed E-state index contributed by atoms with van der Waals surface area (Å²) < 4.78 is 3.11. The van der Waals surface area contributed by atoms with Crippen molar-refractivity contribution in [2.24, 2.45) is 4.99 Å². The van der Waals surface area contributed by atoms with Crippen LogP contribution in [0.2, 0.25) is 0 Å². The highest BCUT2D eigenvalue weighted by atomic mass is 32.2. The van der Waals surface area contributed by atoms with Crippen LogP contribution in [-0.2, 0) is 0 Å². The second-order valence-electron chi connectivity index (χ2n) is 2.17. The van der Waals surface area contributed by atoms with Gasteiger partial charge in [0, 0.05) is 12.4 Å². The van der Waals surface area contributed by atoms with Gasteiger partial charge in [-0.05, 0) is 24.3 Å². The molecule has 0 amide bonds. The Morgan fingerprint density at radius 1 is 1.58 bits per heavy atom. The van der Waals surface area contributed by atoms with Crippen molar-refractivity contribution in [3.8, 4) is 0 Å². The number of nitrogens with one attached hydrogen (secondary N) is 1. The molecule has 0 saturated carbocycles. The Balaban J connectivity index is 2.41. The zero-order valence-electron chi connectivity index (χ0n) is 6.44. The fraction of sp³-hybridized carbons (Fsp3) is 0.143. The summed E-state index contributed by atoms with van der Waals surface area (Å²) in [5, 5.41) is 0.943. The summed E-state index contributed by atoms with van der Waals surface area (Å²) in [6.07, 6.45) is 5.57. The number of pyridine rings is 1. The third-order valence-electron chi connectivity index (χ3n) is 1.43. The van der Waals surface area contributed by atoms with Gasteiger partial charge in [0.25, 0.3) is 0 Å². The maximum absolute atomic E-state index is 4.37. The Morgan fingerprint density at radius 3 is 3.33 bits per heavy atom. The van der Waals surface area contributed by atoms with E-state index in [0.717, 1.165) is 15.8 Å². The van der Waals surface area contributed by atoms with Crippen LogP contribution in [0.25, 0.3) is 0 Å². The average molecular weight is 197 g/mol. The van der Waals surface area contributed by atoms with Crippen molar-refractivity contribution >= 4 is 34.6 Å². The van der Waals surface area contributed by atoms with E-state index in [2.05, 4.69) is 14.7 Å². The molecule has 0 unspecified atom stereocenters. The predicted octanol–water partition coefficient (Wildman–Crippen LogP) is 2.04. The van der Waals surface area contributed by atoms with Gasteiger partial charge in [-0.1, -0.05) is 11.8 Å². The molecular formula is C7H7N3S2. The van der Waals surface area contributed by atoms with Crippen LogP contribution in [0.4, 0.5) is 5.69 Å². The lowest BCUT2D eigenvalue weighted by Crippen LogP contribution is -2.13. The molecule has 2 heterocycles. The molecule has 0 radical (unpaired) electrons. The number of nitrogens with zero attached hydrogens (tertiary/aromatic N) is 2. The van der Waals surface area contributed by atoms with Gasteiger partial charge in [0.1, 0.15) is 0 Å². The summed E-state index contributed by atoms with van der Waals surface area (Å²) in [6.45, 7) is 0. The van der Waals surface area contributed by atoms with Gasteiger partial charge >= 0.3 is 0 Å². The van der Waals surface area contributed by atoms with Gasteiger partial charge in [0.15, 0.2) is 5.17 Å². The molecule has 62 valence electrons. The van der Waals surface area contributed by atoms with E-state index in [1.54, 1.807) is 29.9 Å². The van der Waals surface area contributed by atoms with Crippen molar-refractivity contribution in [2.45, 2.75) is 4.90 Å². The molecule has 1 aliphatic heterocycles. The highest BCUT2D eigenvalue weighted by molar-refractivity contribution is 8.15. The molecule has 0 spiro atoms. The number of aliphatic imine (C=N–C) groups is 1. The Hall–Kier alpha value is -0.680. The molecule has 0 aliphatic carbocycles. The van der Waals surface area contributed by atoms with Crippen LogP contribution >= 0.6 is 23.7 Å². The Kier molecular flexibility index (Phi) is 2.23. The fourth-order valence-corrected chi connectivity index (χ4v) is 2.08. The van der Waals surface area contributed by atoms with E-state index in [-0.39, 0.29) is 0 Å². The average Bonchev–Trinajstić information content (AvgIpc) is 2.17.